The Hall–Kier alpha value is -2.08. The highest BCUT2D eigenvalue weighted by molar-refractivity contribution is 7.92. The monoisotopic (exact) mass is 292 g/mol. The van der Waals surface area contributed by atoms with Crippen molar-refractivity contribution in [2.45, 2.75) is 25.7 Å². The van der Waals surface area contributed by atoms with Gasteiger partial charge in [-0.15, -0.1) is 0 Å². The first-order chi connectivity index (χ1) is 9.31. The van der Waals surface area contributed by atoms with E-state index in [0.717, 1.165) is 16.7 Å². The molecule has 1 heterocycles. The second-order valence-corrected chi connectivity index (χ2v) is 6.40. The number of anilines is 1. The lowest BCUT2D eigenvalue weighted by atomic mass is 10.1. The van der Waals surface area contributed by atoms with E-state index in [-0.39, 0.29) is 4.90 Å². The Kier molecular flexibility index (Phi) is 3.67. The predicted octanol–water partition coefficient (Wildman–Crippen LogP) is 2.10. The van der Waals surface area contributed by atoms with Gasteiger partial charge in [-0.1, -0.05) is 17.7 Å². The molecule has 1 aromatic heterocycles. The molecule has 0 aliphatic rings. The van der Waals surface area contributed by atoms with Crippen molar-refractivity contribution >= 4 is 15.7 Å². The lowest BCUT2D eigenvalue weighted by molar-refractivity contribution is 0.600. The standard InChI is InChI=1S/C14H16N2O3S/c1-9-6-10(2)14(11(3)7-9)16-20(18,19)13-8-15-5-4-12(13)17/h4-8,16H,1-3H3,(H,15,17). The third-order valence-corrected chi connectivity index (χ3v) is 4.36. The summed E-state index contributed by atoms with van der Waals surface area (Å²) in [6.07, 6.45) is 2.58. The van der Waals surface area contributed by atoms with Crippen LogP contribution in [0.15, 0.2) is 40.3 Å². The van der Waals surface area contributed by atoms with Crippen LogP contribution < -0.4 is 10.2 Å². The summed E-state index contributed by atoms with van der Waals surface area (Å²) in [7, 11) is -3.90. The van der Waals surface area contributed by atoms with Crippen molar-refractivity contribution in [3.8, 4) is 0 Å². The van der Waals surface area contributed by atoms with Gasteiger partial charge in [-0.2, -0.15) is 0 Å². The molecule has 0 amide bonds. The van der Waals surface area contributed by atoms with E-state index in [9.17, 15) is 13.2 Å². The van der Waals surface area contributed by atoms with Crippen molar-refractivity contribution in [2.24, 2.45) is 0 Å². The summed E-state index contributed by atoms with van der Waals surface area (Å²) < 4.78 is 27.1. The topological polar surface area (TPSA) is 79.0 Å². The highest BCUT2D eigenvalue weighted by Crippen LogP contribution is 2.24. The fraction of sp³-hybridized carbons (Fsp3) is 0.214. The number of hydrogen-bond acceptors (Lipinski definition) is 3. The lowest BCUT2D eigenvalue weighted by Gasteiger charge is -2.13. The maximum atomic E-state index is 12.3. The molecule has 0 aliphatic carbocycles. The van der Waals surface area contributed by atoms with E-state index in [1.54, 1.807) is 0 Å². The average molecular weight is 292 g/mol. The maximum absolute atomic E-state index is 12.3. The highest BCUT2D eigenvalue weighted by atomic mass is 32.2. The second kappa shape index (κ2) is 5.13. The summed E-state index contributed by atoms with van der Waals surface area (Å²) in [6, 6.07) is 4.96. The first-order valence-corrected chi connectivity index (χ1v) is 7.57. The zero-order valence-electron chi connectivity index (χ0n) is 11.5. The van der Waals surface area contributed by atoms with Gasteiger partial charge in [0, 0.05) is 18.5 Å². The van der Waals surface area contributed by atoms with Crippen molar-refractivity contribution < 1.29 is 8.42 Å². The number of aromatic amines is 1. The Morgan fingerprint density at radius 2 is 1.70 bits per heavy atom. The molecule has 0 fully saturated rings. The van der Waals surface area contributed by atoms with Crippen molar-refractivity contribution in [2.75, 3.05) is 4.72 Å². The lowest BCUT2D eigenvalue weighted by Crippen LogP contribution is -2.21. The fourth-order valence-corrected chi connectivity index (χ4v) is 3.40. The van der Waals surface area contributed by atoms with Crippen LogP contribution in [0.1, 0.15) is 16.7 Å². The molecule has 0 atom stereocenters. The van der Waals surface area contributed by atoms with E-state index in [0.29, 0.717) is 5.69 Å². The summed E-state index contributed by atoms with van der Waals surface area (Å²) in [5.74, 6) is 0. The molecule has 2 N–H and O–H groups in total. The van der Waals surface area contributed by atoms with Crippen LogP contribution in [0.25, 0.3) is 0 Å². The SMILES string of the molecule is Cc1cc(C)c(NS(=O)(=O)c2c[nH]ccc2=O)c(C)c1. The van der Waals surface area contributed by atoms with Crippen LogP contribution in [-0.2, 0) is 10.0 Å². The van der Waals surface area contributed by atoms with E-state index >= 15 is 0 Å². The molecule has 6 heteroatoms. The number of nitrogens with one attached hydrogen (secondary N) is 2. The van der Waals surface area contributed by atoms with Gasteiger partial charge in [0.15, 0.2) is 4.90 Å². The van der Waals surface area contributed by atoms with Crippen LogP contribution in [-0.4, -0.2) is 13.4 Å². The summed E-state index contributed by atoms with van der Waals surface area (Å²) in [4.78, 5) is 14.0. The van der Waals surface area contributed by atoms with Crippen LogP contribution in [0.4, 0.5) is 5.69 Å². The van der Waals surface area contributed by atoms with Crippen LogP contribution in [0.3, 0.4) is 0 Å². The molecular weight excluding hydrogens is 276 g/mol. The van der Waals surface area contributed by atoms with Crippen molar-refractivity contribution in [1.29, 1.82) is 0 Å². The molecule has 20 heavy (non-hydrogen) atoms. The molecule has 0 saturated carbocycles. The number of sulfonamides is 1. The third-order valence-electron chi connectivity index (χ3n) is 2.99. The van der Waals surface area contributed by atoms with Gasteiger partial charge in [-0.05, 0) is 31.9 Å². The van der Waals surface area contributed by atoms with E-state index in [1.807, 2.05) is 32.9 Å². The molecule has 2 rings (SSSR count). The number of hydrogen-bond donors (Lipinski definition) is 2. The predicted molar refractivity (Wildman–Crippen MR) is 78.5 cm³/mol. The number of aromatic nitrogens is 1. The molecule has 0 aliphatic heterocycles. The minimum Gasteiger partial charge on any atom is -0.366 e. The normalized spacial score (nSPS) is 11.3. The van der Waals surface area contributed by atoms with E-state index in [4.69, 9.17) is 0 Å². The number of benzene rings is 1. The van der Waals surface area contributed by atoms with Gasteiger partial charge in [-0.3, -0.25) is 9.52 Å². The Labute approximate surface area is 117 Å². The zero-order chi connectivity index (χ0) is 14.9. The van der Waals surface area contributed by atoms with Gasteiger partial charge in [0.2, 0.25) is 5.43 Å². The van der Waals surface area contributed by atoms with Crippen molar-refractivity contribution in [3.63, 3.8) is 0 Å². The van der Waals surface area contributed by atoms with E-state index in [1.165, 1.54) is 18.5 Å². The molecule has 0 spiro atoms. The smallest absolute Gasteiger partial charge is 0.267 e. The number of pyridine rings is 1. The Morgan fingerprint density at radius 1 is 1.10 bits per heavy atom. The summed E-state index contributed by atoms with van der Waals surface area (Å²) in [6.45, 7) is 5.60. The van der Waals surface area contributed by atoms with Crippen LogP contribution in [0.2, 0.25) is 0 Å². The first kappa shape index (κ1) is 14.3. The number of H-pyrrole nitrogens is 1. The van der Waals surface area contributed by atoms with Gasteiger partial charge < -0.3 is 4.98 Å². The quantitative estimate of drug-likeness (QED) is 0.909. The molecular formula is C14H16N2O3S. The van der Waals surface area contributed by atoms with Gasteiger partial charge in [-0.25, -0.2) is 8.42 Å². The zero-order valence-corrected chi connectivity index (χ0v) is 12.3. The van der Waals surface area contributed by atoms with Crippen molar-refractivity contribution in [1.82, 2.24) is 4.98 Å². The third kappa shape index (κ3) is 2.75. The fourth-order valence-electron chi connectivity index (χ4n) is 2.14. The molecule has 2 aromatic rings. The molecule has 106 valence electrons. The molecule has 1 aromatic carbocycles. The van der Waals surface area contributed by atoms with Gasteiger partial charge in [0.25, 0.3) is 10.0 Å². The Balaban J connectivity index is 2.50. The molecule has 0 bridgehead atoms. The van der Waals surface area contributed by atoms with Crippen LogP contribution in [0, 0.1) is 20.8 Å². The van der Waals surface area contributed by atoms with E-state index in [2.05, 4.69) is 9.71 Å². The van der Waals surface area contributed by atoms with Crippen LogP contribution >= 0.6 is 0 Å². The van der Waals surface area contributed by atoms with Gasteiger partial charge in [0.1, 0.15) is 0 Å². The molecule has 0 saturated heterocycles. The largest absolute Gasteiger partial charge is 0.366 e. The number of aryl methyl sites for hydroxylation is 3. The summed E-state index contributed by atoms with van der Waals surface area (Å²) in [5.41, 5.74) is 2.66. The average Bonchev–Trinajstić information content (AvgIpc) is 2.34. The van der Waals surface area contributed by atoms with Gasteiger partial charge in [0.05, 0.1) is 5.69 Å². The van der Waals surface area contributed by atoms with Gasteiger partial charge >= 0.3 is 0 Å². The first-order valence-electron chi connectivity index (χ1n) is 6.09. The van der Waals surface area contributed by atoms with Crippen molar-refractivity contribution in [3.05, 3.63) is 57.5 Å². The van der Waals surface area contributed by atoms with E-state index < -0.39 is 15.5 Å². The minimum absolute atomic E-state index is 0.292. The minimum atomic E-state index is -3.90. The Morgan fingerprint density at radius 3 is 2.25 bits per heavy atom. The molecule has 5 nitrogen and oxygen atoms in total. The molecule has 0 unspecified atom stereocenters. The number of rotatable bonds is 3. The summed E-state index contributed by atoms with van der Waals surface area (Å²) in [5, 5.41) is 0. The summed E-state index contributed by atoms with van der Waals surface area (Å²) >= 11 is 0. The molecule has 0 radical (unpaired) electrons. The Bertz CT molecular complexity index is 784. The highest BCUT2D eigenvalue weighted by Gasteiger charge is 2.19. The van der Waals surface area contributed by atoms with Crippen LogP contribution in [0.5, 0.6) is 0 Å². The maximum Gasteiger partial charge on any atom is 0.267 e. The second-order valence-electron chi connectivity index (χ2n) is 4.75.